The number of allylic oxidation sites excluding steroid dienone is 4. The Morgan fingerprint density at radius 2 is 0.529 bits per heavy atom. The Morgan fingerprint density at radius 1 is 0.294 bits per heavy atom. The average molecular weight is 958 g/mol. The van der Waals surface area contributed by atoms with Crippen LogP contribution in [0.2, 0.25) is 0 Å². The van der Waals surface area contributed by atoms with E-state index >= 15 is 0 Å². The summed E-state index contributed by atoms with van der Waals surface area (Å²) < 4.78 is 16.9. The quantitative estimate of drug-likeness (QED) is 0.0262. The first-order chi connectivity index (χ1) is 33.5. The third-order valence-corrected chi connectivity index (χ3v) is 13.7. The first kappa shape index (κ1) is 65.9. The molecule has 0 rings (SSSR count). The maximum atomic E-state index is 12.9. The Morgan fingerprint density at radius 3 is 0.809 bits per heavy atom. The number of hydrogen-bond donors (Lipinski definition) is 0. The Kier molecular flexibility index (Phi) is 55.7. The van der Waals surface area contributed by atoms with Crippen LogP contribution in [-0.4, -0.2) is 37.2 Å². The van der Waals surface area contributed by atoms with Crippen LogP contribution in [0.25, 0.3) is 0 Å². The molecule has 0 saturated carbocycles. The van der Waals surface area contributed by atoms with E-state index < -0.39 is 6.10 Å². The van der Waals surface area contributed by atoms with Crippen molar-refractivity contribution in [1.82, 2.24) is 0 Å². The van der Waals surface area contributed by atoms with Gasteiger partial charge in [0.2, 0.25) is 0 Å². The molecule has 1 unspecified atom stereocenters. The monoisotopic (exact) mass is 957 g/mol. The Balaban J connectivity index is 4.24. The summed E-state index contributed by atoms with van der Waals surface area (Å²) in [6, 6.07) is 0. The van der Waals surface area contributed by atoms with Gasteiger partial charge in [0.1, 0.15) is 13.2 Å². The molecule has 0 radical (unpaired) electrons. The van der Waals surface area contributed by atoms with Crippen LogP contribution in [0.4, 0.5) is 0 Å². The van der Waals surface area contributed by atoms with Crippen molar-refractivity contribution in [3.05, 3.63) is 24.3 Å². The molecule has 0 aromatic rings. The van der Waals surface area contributed by atoms with Crippen molar-refractivity contribution in [1.29, 1.82) is 0 Å². The Hall–Kier alpha value is -2.11. The van der Waals surface area contributed by atoms with Gasteiger partial charge in [0.25, 0.3) is 0 Å². The zero-order valence-corrected chi connectivity index (χ0v) is 45.9. The maximum absolute atomic E-state index is 12.9. The second-order valence-electron chi connectivity index (χ2n) is 20.6. The van der Waals surface area contributed by atoms with Crippen molar-refractivity contribution in [3.8, 4) is 0 Å². The van der Waals surface area contributed by atoms with E-state index in [1.165, 1.54) is 231 Å². The molecule has 0 aliphatic rings. The van der Waals surface area contributed by atoms with Gasteiger partial charge in [0.05, 0.1) is 0 Å². The molecule has 0 aliphatic carbocycles. The smallest absolute Gasteiger partial charge is 0.306 e. The summed E-state index contributed by atoms with van der Waals surface area (Å²) in [7, 11) is 0. The molecule has 0 heterocycles. The topological polar surface area (TPSA) is 78.9 Å². The first-order valence-corrected chi connectivity index (χ1v) is 30.3. The van der Waals surface area contributed by atoms with Crippen LogP contribution in [0.1, 0.15) is 335 Å². The lowest BCUT2D eigenvalue weighted by atomic mass is 10.0. The fourth-order valence-electron chi connectivity index (χ4n) is 9.12. The van der Waals surface area contributed by atoms with E-state index in [-0.39, 0.29) is 31.1 Å². The second kappa shape index (κ2) is 57.5. The molecular weight excluding hydrogens is 841 g/mol. The molecule has 0 spiro atoms. The van der Waals surface area contributed by atoms with Crippen LogP contribution in [0.3, 0.4) is 0 Å². The van der Waals surface area contributed by atoms with E-state index in [0.29, 0.717) is 19.3 Å². The maximum Gasteiger partial charge on any atom is 0.306 e. The summed E-state index contributed by atoms with van der Waals surface area (Å²) in [6.45, 7) is 6.67. The van der Waals surface area contributed by atoms with E-state index in [2.05, 4.69) is 45.1 Å². The van der Waals surface area contributed by atoms with Gasteiger partial charge < -0.3 is 14.2 Å². The van der Waals surface area contributed by atoms with Gasteiger partial charge in [-0.3, -0.25) is 14.4 Å². The second-order valence-corrected chi connectivity index (χ2v) is 20.6. The van der Waals surface area contributed by atoms with E-state index in [1.54, 1.807) is 0 Å². The van der Waals surface area contributed by atoms with Gasteiger partial charge in [0.15, 0.2) is 6.10 Å². The van der Waals surface area contributed by atoms with Crippen LogP contribution in [0.5, 0.6) is 0 Å². The number of rotatable bonds is 56. The molecule has 6 nitrogen and oxygen atoms in total. The predicted octanol–water partition coefficient (Wildman–Crippen LogP) is 20.3. The fourth-order valence-corrected chi connectivity index (χ4v) is 9.12. The van der Waals surface area contributed by atoms with Gasteiger partial charge in [-0.1, -0.05) is 289 Å². The number of carbonyl (C=O) groups excluding carboxylic acids is 3. The summed E-state index contributed by atoms with van der Waals surface area (Å²) in [5.41, 5.74) is 0. The van der Waals surface area contributed by atoms with Gasteiger partial charge in [-0.15, -0.1) is 0 Å². The lowest BCUT2D eigenvalue weighted by molar-refractivity contribution is -0.167. The SMILES string of the molecule is CCCCCCC/C=C\C/C=C\CCCCCCCCCCCC(=O)OCC(COC(=O)CCCCCCCCCCCC)OC(=O)CCCCCCCCCCCCCCCCCCCCC. The molecule has 0 bridgehead atoms. The van der Waals surface area contributed by atoms with E-state index in [1.807, 2.05) is 0 Å². The summed E-state index contributed by atoms with van der Waals surface area (Å²) >= 11 is 0. The van der Waals surface area contributed by atoms with Crippen LogP contribution in [0, 0.1) is 0 Å². The number of unbranched alkanes of at least 4 members (excludes halogenated alkanes) is 41. The average Bonchev–Trinajstić information content (AvgIpc) is 3.34. The van der Waals surface area contributed by atoms with Crippen LogP contribution in [0.15, 0.2) is 24.3 Å². The molecule has 1 atom stereocenters. The Labute approximate surface area is 423 Å². The van der Waals surface area contributed by atoms with Gasteiger partial charge in [-0.05, 0) is 51.4 Å². The standard InChI is InChI=1S/C62H116O6/c1-4-7-10-13-16-19-22-24-26-28-30-31-33-34-36-38-40-43-46-49-52-55-61(64)67-58-59(57-66-60(63)54-51-48-45-42-21-18-15-12-9-6-3)68-62(65)56-53-50-47-44-41-39-37-35-32-29-27-25-23-20-17-14-11-8-5-2/h22,24,28,30,59H,4-21,23,25-27,29,31-58H2,1-3H3/b24-22-,30-28-. The summed E-state index contributed by atoms with van der Waals surface area (Å²) in [5.74, 6) is -0.850. The van der Waals surface area contributed by atoms with Crippen molar-refractivity contribution in [2.75, 3.05) is 13.2 Å². The third kappa shape index (κ3) is 54.8. The minimum atomic E-state index is -0.767. The minimum absolute atomic E-state index is 0.0670. The highest BCUT2D eigenvalue weighted by molar-refractivity contribution is 5.71. The normalized spacial score (nSPS) is 12.1. The van der Waals surface area contributed by atoms with Crippen molar-refractivity contribution in [2.24, 2.45) is 0 Å². The van der Waals surface area contributed by atoms with Crippen molar-refractivity contribution < 1.29 is 28.6 Å². The number of esters is 3. The Bertz CT molecular complexity index is 1100. The summed E-state index contributed by atoms with van der Waals surface area (Å²) in [5, 5.41) is 0. The molecule has 0 aromatic heterocycles. The molecule has 0 aliphatic heterocycles. The molecule has 0 N–H and O–H groups in total. The lowest BCUT2D eigenvalue weighted by Crippen LogP contribution is -2.30. The molecule has 0 aromatic carbocycles. The van der Waals surface area contributed by atoms with Gasteiger partial charge >= 0.3 is 17.9 Å². The molecule has 0 amide bonds. The third-order valence-electron chi connectivity index (χ3n) is 13.7. The molecular formula is C62H116O6. The van der Waals surface area contributed by atoms with E-state index in [0.717, 1.165) is 64.2 Å². The number of carbonyl (C=O) groups is 3. The molecule has 0 saturated heterocycles. The minimum Gasteiger partial charge on any atom is -0.462 e. The summed E-state index contributed by atoms with van der Waals surface area (Å²) in [6.07, 6.45) is 67.5. The van der Waals surface area contributed by atoms with Crippen LogP contribution in [-0.2, 0) is 28.6 Å². The van der Waals surface area contributed by atoms with Gasteiger partial charge in [-0.2, -0.15) is 0 Å². The zero-order chi connectivity index (χ0) is 49.3. The highest BCUT2D eigenvalue weighted by Gasteiger charge is 2.19. The molecule has 0 fully saturated rings. The number of hydrogen-bond acceptors (Lipinski definition) is 6. The zero-order valence-electron chi connectivity index (χ0n) is 45.9. The van der Waals surface area contributed by atoms with Gasteiger partial charge in [0, 0.05) is 19.3 Å². The highest BCUT2D eigenvalue weighted by atomic mass is 16.6. The lowest BCUT2D eigenvalue weighted by Gasteiger charge is -2.18. The van der Waals surface area contributed by atoms with Crippen molar-refractivity contribution in [2.45, 2.75) is 341 Å². The number of ether oxygens (including phenoxy) is 3. The van der Waals surface area contributed by atoms with Crippen molar-refractivity contribution >= 4 is 17.9 Å². The van der Waals surface area contributed by atoms with Gasteiger partial charge in [-0.25, -0.2) is 0 Å². The fraction of sp³-hybridized carbons (Fsp3) is 0.887. The molecule has 68 heavy (non-hydrogen) atoms. The molecule has 6 heteroatoms. The van der Waals surface area contributed by atoms with E-state index in [9.17, 15) is 14.4 Å². The predicted molar refractivity (Wildman–Crippen MR) is 293 cm³/mol. The van der Waals surface area contributed by atoms with Crippen LogP contribution < -0.4 is 0 Å². The van der Waals surface area contributed by atoms with Crippen molar-refractivity contribution in [3.63, 3.8) is 0 Å². The van der Waals surface area contributed by atoms with E-state index in [4.69, 9.17) is 14.2 Å². The highest BCUT2D eigenvalue weighted by Crippen LogP contribution is 2.17. The summed E-state index contributed by atoms with van der Waals surface area (Å²) in [4.78, 5) is 38.1. The largest absolute Gasteiger partial charge is 0.462 e. The molecule has 400 valence electrons. The first-order valence-electron chi connectivity index (χ1n) is 30.3. The van der Waals surface area contributed by atoms with Crippen LogP contribution >= 0.6 is 0 Å².